The van der Waals surface area contributed by atoms with Crippen LogP contribution in [0.15, 0.2) is 18.3 Å². The summed E-state index contributed by atoms with van der Waals surface area (Å²) in [5, 5.41) is 12.6. The van der Waals surface area contributed by atoms with Crippen molar-refractivity contribution in [3.8, 4) is 6.07 Å². The second-order valence-electron chi connectivity index (χ2n) is 6.04. The standard InChI is InChI=1S/C16H22N4/c17-11-15-10-14(4-7-19-15)12-20-9-8-18-13-16(20)5-2-1-3-6-16/h4,7,10,18H,1-3,5-6,8-9,12-13H2. The number of piperazine rings is 1. The molecular formula is C16H22N4. The van der Waals surface area contributed by atoms with Crippen molar-refractivity contribution in [1.29, 1.82) is 5.26 Å². The smallest absolute Gasteiger partial charge is 0.140 e. The molecule has 2 fully saturated rings. The molecule has 0 radical (unpaired) electrons. The van der Waals surface area contributed by atoms with E-state index < -0.39 is 0 Å². The maximum atomic E-state index is 8.97. The Morgan fingerprint density at radius 1 is 1.35 bits per heavy atom. The predicted molar refractivity (Wildman–Crippen MR) is 78.0 cm³/mol. The van der Waals surface area contributed by atoms with E-state index in [0.717, 1.165) is 26.2 Å². The summed E-state index contributed by atoms with van der Waals surface area (Å²) in [6.45, 7) is 4.23. The van der Waals surface area contributed by atoms with Crippen molar-refractivity contribution in [2.24, 2.45) is 0 Å². The van der Waals surface area contributed by atoms with E-state index in [9.17, 15) is 0 Å². The zero-order valence-electron chi connectivity index (χ0n) is 11.9. The van der Waals surface area contributed by atoms with Crippen LogP contribution in [-0.4, -0.2) is 35.1 Å². The molecule has 4 heteroatoms. The van der Waals surface area contributed by atoms with Crippen molar-refractivity contribution in [1.82, 2.24) is 15.2 Å². The lowest BCUT2D eigenvalue weighted by molar-refractivity contribution is 0.0208. The van der Waals surface area contributed by atoms with Gasteiger partial charge in [-0.3, -0.25) is 4.90 Å². The summed E-state index contributed by atoms with van der Waals surface area (Å²) in [6, 6.07) is 6.10. The van der Waals surface area contributed by atoms with Gasteiger partial charge in [0.2, 0.25) is 0 Å². The molecule has 3 rings (SSSR count). The molecule has 1 saturated carbocycles. The van der Waals surface area contributed by atoms with E-state index in [-0.39, 0.29) is 0 Å². The SMILES string of the molecule is N#Cc1cc(CN2CCNCC23CCCCC3)ccn1. The fourth-order valence-corrected chi connectivity index (χ4v) is 3.69. The van der Waals surface area contributed by atoms with E-state index in [0.29, 0.717) is 11.2 Å². The molecular weight excluding hydrogens is 248 g/mol. The minimum atomic E-state index is 0.340. The number of nitriles is 1. The molecule has 2 aliphatic rings. The number of nitrogens with zero attached hydrogens (tertiary/aromatic N) is 3. The fourth-order valence-electron chi connectivity index (χ4n) is 3.69. The number of hydrogen-bond donors (Lipinski definition) is 1. The van der Waals surface area contributed by atoms with Crippen LogP contribution in [0.3, 0.4) is 0 Å². The van der Waals surface area contributed by atoms with Crippen LogP contribution in [0.4, 0.5) is 0 Å². The topological polar surface area (TPSA) is 52.0 Å². The van der Waals surface area contributed by atoms with E-state index in [4.69, 9.17) is 5.26 Å². The summed E-state index contributed by atoms with van der Waals surface area (Å²) in [5.74, 6) is 0. The highest BCUT2D eigenvalue weighted by molar-refractivity contribution is 5.25. The van der Waals surface area contributed by atoms with Gasteiger partial charge in [-0.15, -0.1) is 0 Å². The van der Waals surface area contributed by atoms with Crippen LogP contribution in [0, 0.1) is 11.3 Å². The summed E-state index contributed by atoms with van der Waals surface area (Å²) in [7, 11) is 0. The van der Waals surface area contributed by atoms with Crippen molar-refractivity contribution < 1.29 is 0 Å². The van der Waals surface area contributed by atoms with E-state index >= 15 is 0 Å². The Morgan fingerprint density at radius 3 is 3.00 bits per heavy atom. The number of rotatable bonds is 2. The summed E-state index contributed by atoms with van der Waals surface area (Å²) >= 11 is 0. The van der Waals surface area contributed by atoms with Gasteiger partial charge in [0, 0.05) is 37.9 Å². The van der Waals surface area contributed by atoms with Crippen molar-refractivity contribution in [2.75, 3.05) is 19.6 Å². The maximum absolute atomic E-state index is 8.97. The van der Waals surface area contributed by atoms with Crippen LogP contribution in [0.5, 0.6) is 0 Å². The molecule has 0 unspecified atom stereocenters. The lowest BCUT2D eigenvalue weighted by Gasteiger charge is -2.50. The van der Waals surface area contributed by atoms with Gasteiger partial charge in [0.25, 0.3) is 0 Å². The van der Waals surface area contributed by atoms with Crippen LogP contribution >= 0.6 is 0 Å². The predicted octanol–water partition coefficient (Wildman–Crippen LogP) is 2.06. The van der Waals surface area contributed by atoms with Gasteiger partial charge in [-0.25, -0.2) is 4.98 Å². The summed E-state index contributed by atoms with van der Waals surface area (Å²) in [6.07, 6.45) is 8.43. The fraction of sp³-hybridized carbons (Fsp3) is 0.625. The van der Waals surface area contributed by atoms with Crippen molar-refractivity contribution in [3.05, 3.63) is 29.6 Å². The molecule has 1 saturated heterocycles. The Labute approximate surface area is 120 Å². The highest BCUT2D eigenvalue weighted by Crippen LogP contribution is 2.35. The largest absolute Gasteiger partial charge is 0.314 e. The first-order valence-electron chi connectivity index (χ1n) is 7.63. The third kappa shape index (κ3) is 2.70. The molecule has 0 amide bonds. The minimum Gasteiger partial charge on any atom is -0.314 e. The average Bonchev–Trinajstić information content (AvgIpc) is 2.51. The van der Waals surface area contributed by atoms with E-state index in [1.165, 1.54) is 37.7 Å². The molecule has 1 spiro atoms. The number of pyridine rings is 1. The quantitative estimate of drug-likeness (QED) is 0.893. The lowest BCUT2D eigenvalue weighted by Crippen LogP contribution is -2.61. The molecule has 2 heterocycles. The van der Waals surface area contributed by atoms with Crippen molar-refractivity contribution in [3.63, 3.8) is 0 Å². The molecule has 1 aromatic rings. The Morgan fingerprint density at radius 2 is 2.20 bits per heavy atom. The third-order valence-electron chi connectivity index (χ3n) is 4.78. The molecule has 1 aliphatic carbocycles. The Kier molecular flexibility index (Phi) is 4.00. The van der Waals surface area contributed by atoms with Gasteiger partial charge < -0.3 is 5.32 Å². The van der Waals surface area contributed by atoms with E-state index in [1.54, 1.807) is 6.20 Å². The van der Waals surface area contributed by atoms with Crippen LogP contribution < -0.4 is 5.32 Å². The molecule has 106 valence electrons. The summed E-state index contributed by atoms with van der Waals surface area (Å²) in [4.78, 5) is 6.70. The van der Waals surface area contributed by atoms with Gasteiger partial charge in [-0.05, 0) is 30.5 Å². The van der Waals surface area contributed by atoms with E-state index in [1.807, 2.05) is 12.1 Å². The van der Waals surface area contributed by atoms with Crippen LogP contribution in [0.1, 0.15) is 43.4 Å². The van der Waals surface area contributed by atoms with Crippen LogP contribution in [0.25, 0.3) is 0 Å². The third-order valence-corrected chi connectivity index (χ3v) is 4.78. The number of aromatic nitrogens is 1. The Hall–Kier alpha value is -1.44. The molecule has 1 N–H and O–H groups in total. The molecule has 4 nitrogen and oxygen atoms in total. The maximum Gasteiger partial charge on any atom is 0.140 e. The monoisotopic (exact) mass is 270 g/mol. The number of nitrogens with one attached hydrogen (secondary N) is 1. The van der Waals surface area contributed by atoms with Gasteiger partial charge >= 0.3 is 0 Å². The lowest BCUT2D eigenvalue weighted by atomic mass is 9.79. The zero-order chi connectivity index (χ0) is 13.8. The van der Waals surface area contributed by atoms with Gasteiger partial charge in [-0.1, -0.05) is 19.3 Å². The van der Waals surface area contributed by atoms with Gasteiger partial charge in [0.1, 0.15) is 11.8 Å². The first-order chi connectivity index (χ1) is 9.82. The second kappa shape index (κ2) is 5.90. The number of hydrogen-bond acceptors (Lipinski definition) is 4. The molecule has 0 aromatic carbocycles. The van der Waals surface area contributed by atoms with E-state index in [2.05, 4.69) is 21.3 Å². The van der Waals surface area contributed by atoms with Gasteiger partial charge in [-0.2, -0.15) is 5.26 Å². The van der Waals surface area contributed by atoms with Crippen molar-refractivity contribution >= 4 is 0 Å². The first-order valence-corrected chi connectivity index (χ1v) is 7.63. The molecule has 0 bridgehead atoms. The molecule has 0 atom stereocenters. The zero-order valence-corrected chi connectivity index (χ0v) is 11.9. The van der Waals surface area contributed by atoms with Gasteiger partial charge in [0.15, 0.2) is 0 Å². The highest BCUT2D eigenvalue weighted by Gasteiger charge is 2.39. The molecule has 20 heavy (non-hydrogen) atoms. The Balaban J connectivity index is 1.78. The van der Waals surface area contributed by atoms with Crippen molar-refractivity contribution in [2.45, 2.75) is 44.2 Å². The summed E-state index contributed by atoms with van der Waals surface area (Å²) in [5.41, 5.74) is 2.07. The Bertz CT molecular complexity index is 491. The highest BCUT2D eigenvalue weighted by atomic mass is 15.3. The van der Waals surface area contributed by atoms with Crippen LogP contribution in [-0.2, 0) is 6.54 Å². The molecule has 1 aliphatic heterocycles. The van der Waals surface area contributed by atoms with Gasteiger partial charge in [0.05, 0.1) is 0 Å². The second-order valence-corrected chi connectivity index (χ2v) is 6.04. The first kappa shape index (κ1) is 13.5. The minimum absolute atomic E-state index is 0.340. The normalized spacial score (nSPS) is 22.6. The average molecular weight is 270 g/mol. The molecule has 1 aromatic heterocycles. The summed E-state index contributed by atoms with van der Waals surface area (Å²) < 4.78 is 0. The van der Waals surface area contributed by atoms with Crippen LogP contribution in [0.2, 0.25) is 0 Å².